The maximum absolute atomic E-state index is 13.8. The molecule has 0 saturated heterocycles. The molecule has 1 aromatic rings. The van der Waals surface area contributed by atoms with Crippen LogP contribution in [0.4, 0.5) is 17.6 Å². The first-order chi connectivity index (χ1) is 8.26. The van der Waals surface area contributed by atoms with Gasteiger partial charge in [-0.2, -0.15) is 13.2 Å². The quantitative estimate of drug-likeness (QED) is 0.372. The van der Waals surface area contributed by atoms with Crippen molar-refractivity contribution in [2.75, 3.05) is 0 Å². The number of hydrazine groups is 1. The van der Waals surface area contributed by atoms with Gasteiger partial charge in [0, 0.05) is 22.5 Å². The van der Waals surface area contributed by atoms with Gasteiger partial charge in [0.15, 0.2) is 0 Å². The Morgan fingerprint density at radius 3 is 2.50 bits per heavy atom. The third-order valence-corrected chi connectivity index (χ3v) is 3.62. The van der Waals surface area contributed by atoms with Gasteiger partial charge in [-0.05, 0) is 28.4 Å². The van der Waals surface area contributed by atoms with Gasteiger partial charge >= 0.3 is 6.18 Å². The van der Waals surface area contributed by atoms with Crippen molar-refractivity contribution in [2.24, 2.45) is 5.84 Å². The Morgan fingerprint density at radius 2 is 2.00 bits per heavy atom. The molecule has 0 saturated carbocycles. The lowest BCUT2D eigenvalue weighted by Crippen LogP contribution is -2.30. The summed E-state index contributed by atoms with van der Waals surface area (Å²) in [6.07, 6.45) is -5.74. The van der Waals surface area contributed by atoms with E-state index in [0.717, 1.165) is 0 Å². The van der Waals surface area contributed by atoms with E-state index in [2.05, 4.69) is 21.4 Å². The fourth-order valence-corrected chi connectivity index (χ4v) is 1.92. The lowest BCUT2D eigenvalue weighted by molar-refractivity contribution is -0.136. The van der Waals surface area contributed by atoms with Gasteiger partial charge < -0.3 is 0 Å². The van der Waals surface area contributed by atoms with E-state index in [-0.39, 0.29) is 17.0 Å². The molecule has 8 heteroatoms. The first-order valence-corrected chi connectivity index (χ1v) is 6.09. The molecule has 0 bridgehead atoms. The summed E-state index contributed by atoms with van der Waals surface area (Å²) in [7, 11) is 0. The minimum absolute atomic E-state index is 0.00921. The molecule has 0 aromatic heterocycles. The van der Waals surface area contributed by atoms with Gasteiger partial charge in [0.1, 0.15) is 5.82 Å². The Morgan fingerprint density at radius 1 is 1.39 bits per heavy atom. The van der Waals surface area contributed by atoms with Gasteiger partial charge in [-0.3, -0.25) is 11.3 Å². The molecule has 102 valence electrons. The number of halogens is 6. The van der Waals surface area contributed by atoms with Crippen LogP contribution in [0, 0.1) is 5.82 Å². The highest BCUT2D eigenvalue weighted by Gasteiger charge is 2.29. The SMILES string of the molecule is NNC(CCC(F)(F)F)c1ccc(Br)c(Cl)c1F. The van der Waals surface area contributed by atoms with Crippen LogP contribution in [-0.2, 0) is 0 Å². The lowest BCUT2D eigenvalue weighted by atomic mass is 10.0. The number of nitrogens with two attached hydrogens (primary N) is 1. The average Bonchev–Trinajstić information content (AvgIpc) is 2.28. The van der Waals surface area contributed by atoms with Crippen molar-refractivity contribution in [3.8, 4) is 0 Å². The summed E-state index contributed by atoms with van der Waals surface area (Å²) in [4.78, 5) is 0. The molecule has 1 unspecified atom stereocenters. The largest absolute Gasteiger partial charge is 0.389 e. The number of benzene rings is 1. The molecule has 3 N–H and O–H groups in total. The van der Waals surface area contributed by atoms with E-state index < -0.39 is 24.5 Å². The van der Waals surface area contributed by atoms with E-state index >= 15 is 0 Å². The van der Waals surface area contributed by atoms with E-state index in [4.69, 9.17) is 17.4 Å². The molecule has 2 nitrogen and oxygen atoms in total. The molecule has 0 heterocycles. The molecule has 0 aliphatic carbocycles. The summed E-state index contributed by atoms with van der Waals surface area (Å²) in [5.74, 6) is 4.37. The molecule has 18 heavy (non-hydrogen) atoms. The highest BCUT2D eigenvalue weighted by Crippen LogP contribution is 2.33. The van der Waals surface area contributed by atoms with E-state index in [1.54, 1.807) is 0 Å². The fourth-order valence-electron chi connectivity index (χ4n) is 1.45. The molecule has 0 aliphatic rings. The number of hydrogen-bond donors (Lipinski definition) is 2. The zero-order valence-electron chi connectivity index (χ0n) is 8.99. The molecular formula is C10H10BrClF4N2. The first-order valence-electron chi connectivity index (χ1n) is 4.92. The molecule has 1 aromatic carbocycles. The van der Waals surface area contributed by atoms with Crippen LogP contribution in [-0.4, -0.2) is 6.18 Å². The highest BCUT2D eigenvalue weighted by molar-refractivity contribution is 9.10. The normalized spacial score (nSPS) is 13.7. The number of alkyl halides is 3. The smallest absolute Gasteiger partial charge is 0.271 e. The second-order valence-corrected chi connectivity index (χ2v) is 4.87. The predicted octanol–water partition coefficient (Wildman–Crippen LogP) is 4.09. The summed E-state index contributed by atoms with van der Waals surface area (Å²) in [5, 5.41) is -0.181. The maximum atomic E-state index is 13.8. The van der Waals surface area contributed by atoms with Gasteiger partial charge in [0.2, 0.25) is 0 Å². The van der Waals surface area contributed by atoms with Crippen LogP contribution < -0.4 is 11.3 Å². The van der Waals surface area contributed by atoms with E-state index in [0.29, 0.717) is 4.47 Å². The van der Waals surface area contributed by atoms with E-state index in [1.807, 2.05) is 0 Å². The van der Waals surface area contributed by atoms with Crippen LogP contribution in [0.25, 0.3) is 0 Å². The van der Waals surface area contributed by atoms with Crippen molar-refractivity contribution < 1.29 is 17.6 Å². The molecule has 0 radical (unpaired) electrons. The molecule has 0 aliphatic heterocycles. The van der Waals surface area contributed by atoms with Crippen LogP contribution in [0.15, 0.2) is 16.6 Å². The summed E-state index contributed by atoms with van der Waals surface area (Å²) < 4.78 is 50.5. The Bertz CT molecular complexity index is 425. The Hall–Kier alpha value is -0.370. The van der Waals surface area contributed by atoms with E-state index in [1.165, 1.54) is 12.1 Å². The topological polar surface area (TPSA) is 38.0 Å². The summed E-state index contributed by atoms with van der Waals surface area (Å²) in [6.45, 7) is 0. The van der Waals surface area contributed by atoms with Crippen LogP contribution in [0.2, 0.25) is 5.02 Å². The zero-order valence-corrected chi connectivity index (χ0v) is 11.3. The molecule has 0 spiro atoms. The monoisotopic (exact) mass is 348 g/mol. The summed E-state index contributed by atoms with van der Waals surface area (Å²) >= 11 is 8.68. The van der Waals surface area contributed by atoms with Gasteiger partial charge in [0.25, 0.3) is 0 Å². The third-order valence-electron chi connectivity index (χ3n) is 2.36. The third kappa shape index (κ3) is 4.08. The minimum Gasteiger partial charge on any atom is -0.271 e. The highest BCUT2D eigenvalue weighted by atomic mass is 79.9. The van der Waals surface area contributed by atoms with Crippen molar-refractivity contribution in [2.45, 2.75) is 25.1 Å². The number of rotatable bonds is 4. The van der Waals surface area contributed by atoms with Crippen LogP contribution in [0.5, 0.6) is 0 Å². The second kappa shape index (κ2) is 6.18. The minimum atomic E-state index is -4.31. The number of nitrogens with one attached hydrogen (secondary N) is 1. The standard InChI is InChI=1S/C10H10BrClF4N2/c11-6-2-1-5(9(13)8(6)12)7(18-17)3-4-10(14,15)16/h1-2,7,18H,3-4,17H2. The maximum Gasteiger partial charge on any atom is 0.389 e. The molecule has 1 atom stereocenters. The van der Waals surface area contributed by atoms with Crippen molar-refractivity contribution in [3.63, 3.8) is 0 Å². The summed E-state index contributed by atoms with van der Waals surface area (Å²) in [6, 6.07) is 1.85. The van der Waals surface area contributed by atoms with Gasteiger partial charge in [-0.15, -0.1) is 0 Å². The summed E-state index contributed by atoms with van der Waals surface area (Å²) in [5.41, 5.74) is 2.17. The Kier molecular flexibility index (Phi) is 5.39. The van der Waals surface area contributed by atoms with Crippen LogP contribution in [0.3, 0.4) is 0 Å². The van der Waals surface area contributed by atoms with Crippen molar-refractivity contribution in [3.05, 3.63) is 33.0 Å². The fraction of sp³-hybridized carbons (Fsp3) is 0.400. The van der Waals surface area contributed by atoms with Crippen LogP contribution in [0.1, 0.15) is 24.4 Å². The van der Waals surface area contributed by atoms with E-state index in [9.17, 15) is 17.6 Å². The van der Waals surface area contributed by atoms with Crippen molar-refractivity contribution in [1.82, 2.24) is 5.43 Å². The second-order valence-electron chi connectivity index (χ2n) is 3.64. The van der Waals surface area contributed by atoms with Gasteiger partial charge in [-0.1, -0.05) is 17.7 Å². The first kappa shape index (κ1) is 15.7. The van der Waals surface area contributed by atoms with Crippen LogP contribution >= 0.6 is 27.5 Å². The van der Waals surface area contributed by atoms with Gasteiger partial charge in [-0.25, -0.2) is 4.39 Å². The van der Waals surface area contributed by atoms with Gasteiger partial charge in [0.05, 0.1) is 5.02 Å². The van der Waals surface area contributed by atoms with Crippen molar-refractivity contribution in [1.29, 1.82) is 0 Å². The van der Waals surface area contributed by atoms with Crippen molar-refractivity contribution >= 4 is 27.5 Å². The predicted molar refractivity (Wildman–Crippen MR) is 64.5 cm³/mol. The average molecular weight is 350 g/mol. The Labute approximate surface area is 115 Å². The lowest BCUT2D eigenvalue weighted by Gasteiger charge is -2.18. The zero-order chi connectivity index (χ0) is 13.9. The number of hydrogen-bond acceptors (Lipinski definition) is 2. The molecule has 0 amide bonds. The molecule has 0 fully saturated rings. The molecular weight excluding hydrogens is 339 g/mol. The Balaban J connectivity index is 2.92. The molecule has 1 rings (SSSR count).